The van der Waals surface area contributed by atoms with E-state index in [0.717, 1.165) is 49.7 Å². The van der Waals surface area contributed by atoms with Crippen molar-refractivity contribution in [3.63, 3.8) is 0 Å². The summed E-state index contributed by atoms with van der Waals surface area (Å²) in [6.07, 6.45) is 12.1. The summed E-state index contributed by atoms with van der Waals surface area (Å²) in [5.41, 5.74) is 3.03. The number of benzene rings is 1. The van der Waals surface area contributed by atoms with Gasteiger partial charge in [-0.1, -0.05) is 11.6 Å². The molecule has 2 aromatic heterocycles. The predicted molar refractivity (Wildman–Crippen MR) is 116 cm³/mol. The third-order valence-corrected chi connectivity index (χ3v) is 7.12. The topological polar surface area (TPSA) is 54.9 Å². The van der Waals surface area contributed by atoms with Gasteiger partial charge in [-0.05, 0) is 92.3 Å². The van der Waals surface area contributed by atoms with Gasteiger partial charge in [0.25, 0.3) is 0 Å². The molecule has 4 nitrogen and oxygen atoms in total. The third kappa shape index (κ3) is 3.51. The quantitative estimate of drug-likeness (QED) is 0.581. The molecule has 0 spiro atoms. The molecule has 0 atom stereocenters. The van der Waals surface area contributed by atoms with Crippen molar-refractivity contribution in [2.45, 2.75) is 44.4 Å². The van der Waals surface area contributed by atoms with Crippen LogP contribution in [0.15, 0.2) is 55.0 Å². The zero-order chi connectivity index (χ0) is 19.8. The van der Waals surface area contributed by atoms with E-state index in [9.17, 15) is 4.79 Å². The minimum atomic E-state index is -0.174. The number of hydrogen-bond donors (Lipinski definition) is 1. The molecular formula is C24H24ClN3O. The molecule has 0 radical (unpaired) electrons. The Morgan fingerprint density at radius 1 is 1.00 bits per heavy atom. The smallest absolute Gasteiger partial charge is 0.230 e. The highest BCUT2D eigenvalue weighted by atomic mass is 35.5. The van der Waals surface area contributed by atoms with Gasteiger partial charge in [0, 0.05) is 34.7 Å². The normalized spacial score (nSPS) is 22.9. The Morgan fingerprint density at radius 3 is 2.48 bits per heavy atom. The molecule has 148 valence electrons. The van der Waals surface area contributed by atoms with Crippen LogP contribution in [0.25, 0.3) is 10.9 Å². The Kier molecular flexibility index (Phi) is 4.75. The molecule has 1 aromatic carbocycles. The monoisotopic (exact) mass is 405 g/mol. The fourth-order valence-electron chi connectivity index (χ4n) is 5.07. The Morgan fingerprint density at radius 2 is 1.76 bits per heavy atom. The van der Waals surface area contributed by atoms with Crippen LogP contribution in [-0.4, -0.2) is 15.9 Å². The number of amides is 1. The summed E-state index contributed by atoms with van der Waals surface area (Å²) in [5, 5.41) is 4.97. The number of pyridine rings is 2. The SMILES string of the molecule is O=C(Nc1ccc(Cl)cc1)C1(C2CCC(c3ccnc4ccncc34)CC2)CC1. The van der Waals surface area contributed by atoms with E-state index in [1.165, 1.54) is 10.9 Å². The lowest BCUT2D eigenvalue weighted by Gasteiger charge is -2.34. The summed E-state index contributed by atoms with van der Waals surface area (Å²) in [6, 6.07) is 11.5. The van der Waals surface area contributed by atoms with Crippen molar-refractivity contribution in [2.75, 3.05) is 5.32 Å². The van der Waals surface area contributed by atoms with E-state index in [1.807, 2.05) is 42.7 Å². The van der Waals surface area contributed by atoms with Crippen LogP contribution in [0.3, 0.4) is 0 Å². The molecular weight excluding hydrogens is 382 g/mol. The van der Waals surface area contributed by atoms with Crippen LogP contribution < -0.4 is 5.32 Å². The van der Waals surface area contributed by atoms with Crippen LogP contribution >= 0.6 is 11.6 Å². The highest BCUT2D eigenvalue weighted by Gasteiger charge is 2.55. The van der Waals surface area contributed by atoms with Crippen molar-refractivity contribution in [1.29, 1.82) is 0 Å². The lowest BCUT2D eigenvalue weighted by atomic mass is 9.71. The van der Waals surface area contributed by atoms with Crippen molar-refractivity contribution in [2.24, 2.45) is 11.3 Å². The first kappa shape index (κ1) is 18.6. The maximum absolute atomic E-state index is 13.0. The van der Waals surface area contributed by atoms with Crippen molar-refractivity contribution in [3.05, 3.63) is 65.6 Å². The number of carbonyl (C=O) groups is 1. The van der Waals surface area contributed by atoms with E-state index in [4.69, 9.17) is 11.6 Å². The van der Waals surface area contributed by atoms with Gasteiger partial charge in [0.15, 0.2) is 0 Å². The van der Waals surface area contributed by atoms with Crippen molar-refractivity contribution < 1.29 is 4.79 Å². The number of halogens is 1. The van der Waals surface area contributed by atoms with Crippen molar-refractivity contribution >= 4 is 34.1 Å². The van der Waals surface area contributed by atoms with E-state index >= 15 is 0 Å². The molecule has 2 fully saturated rings. The second kappa shape index (κ2) is 7.42. The van der Waals surface area contributed by atoms with E-state index in [0.29, 0.717) is 16.9 Å². The Hall–Kier alpha value is -2.46. The lowest BCUT2D eigenvalue weighted by molar-refractivity contribution is -0.123. The maximum atomic E-state index is 13.0. The highest BCUT2D eigenvalue weighted by Crippen LogP contribution is 2.58. The summed E-state index contributed by atoms with van der Waals surface area (Å²) >= 11 is 5.95. The van der Waals surface area contributed by atoms with E-state index in [1.54, 1.807) is 6.20 Å². The average molecular weight is 406 g/mol. The molecule has 2 aliphatic rings. The van der Waals surface area contributed by atoms with Crippen molar-refractivity contribution in [3.8, 4) is 0 Å². The van der Waals surface area contributed by atoms with Crippen LogP contribution in [0.4, 0.5) is 5.69 Å². The number of nitrogens with zero attached hydrogens (tertiary/aromatic N) is 2. The summed E-state index contributed by atoms with van der Waals surface area (Å²) in [7, 11) is 0. The van der Waals surface area contributed by atoms with Crippen LogP contribution in [0.1, 0.15) is 50.0 Å². The second-order valence-electron chi connectivity index (χ2n) is 8.46. The van der Waals surface area contributed by atoms with Gasteiger partial charge in [-0.2, -0.15) is 0 Å². The van der Waals surface area contributed by atoms with E-state index in [-0.39, 0.29) is 11.3 Å². The fourth-order valence-corrected chi connectivity index (χ4v) is 5.19. The first-order valence-electron chi connectivity index (χ1n) is 10.4. The molecule has 0 aliphatic heterocycles. The summed E-state index contributed by atoms with van der Waals surface area (Å²) in [6.45, 7) is 0. The first-order chi connectivity index (χ1) is 14.2. The van der Waals surface area contributed by atoms with Crippen LogP contribution in [-0.2, 0) is 4.79 Å². The van der Waals surface area contributed by atoms with Gasteiger partial charge in [-0.3, -0.25) is 14.8 Å². The second-order valence-corrected chi connectivity index (χ2v) is 8.90. The molecule has 29 heavy (non-hydrogen) atoms. The van der Waals surface area contributed by atoms with Crippen molar-refractivity contribution in [1.82, 2.24) is 9.97 Å². The van der Waals surface area contributed by atoms with Gasteiger partial charge in [-0.15, -0.1) is 0 Å². The zero-order valence-electron chi connectivity index (χ0n) is 16.3. The molecule has 5 rings (SSSR count). The molecule has 5 heteroatoms. The average Bonchev–Trinajstić information content (AvgIpc) is 3.57. The molecule has 2 heterocycles. The number of hydrogen-bond acceptors (Lipinski definition) is 3. The molecule has 0 unspecified atom stereocenters. The number of rotatable bonds is 4. The Labute approximate surface area is 175 Å². The Bertz CT molecular complexity index is 1030. The predicted octanol–water partition coefficient (Wildman–Crippen LogP) is 5.98. The number of anilines is 1. The maximum Gasteiger partial charge on any atom is 0.230 e. The molecule has 2 saturated carbocycles. The number of nitrogens with one attached hydrogen (secondary N) is 1. The standard InChI is InChI=1S/C24H24ClN3O/c25-18-5-7-19(8-6-18)28-23(29)24(11-12-24)17-3-1-16(2-4-17)20-9-14-27-22-10-13-26-15-21(20)22/h5-10,13-17H,1-4,11-12H2,(H,28,29). The molecule has 2 aliphatic carbocycles. The van der Waals surface area contributed by atoms with Gasteiger partial charge >= 0.3 is 0 Å². The molecule has 0 saturated heterocycles. The highest BCUT2D eigenvalue weighted by molar-refractivity contribution is 6.30. The summed E-state index contributed by atoms with van der Waals surface area (Å²) < 4.78 is 0. The lowest BCUT2D eigenvalue weighted by Crippen LogP contribution is -2.33. The van der Waals surface area contributed by atoms with Gasteiger partial charge in [0.2, 0.25) is 5.91 Å². The molecule has 1 amide bonds. The molecule has 1 N–H and O–H groups in total. The molecule has 3 aromatic rings. The summed E-state index contributed by atoms with van der Waals surface area (Å²) in [5.74, 6) is 1.18. The van der Waals surface area contributed by atoms with Gasteiger partial charge in [0.05, 0.1) is 10.9 Å². The number of fused-ring (bicyclic) bond motifs is 1. The van der Waals surface area contributed by atoms with Gasteiger partial charge in [0.1, 0.15) is 0 Å². The number of carbonyl (C=O) groups excluding carboxylic acids is 1. The van der Waals surface area contributed by atoms with Crippen LogP contribution in [0.2, 0.25) is 5.02 Å². The van der Waals surface area contributed by atoms with E-state index < -0.39 is 0 Å². The van der Waals surface area contributed by atoms with E-state index in [2.05, 4.69) is 21.4 Å². The van der Waals surface area contributed by atoms with Gasteiger partial charge in [-0.25, -0.2) is 0 Å². The fraction of sp³-hybridized carbons (Fsp3) is 0.375. The number of aromatic nitrogens is 2. The third-order valence-electron chi connectivity index (χ3n) is 6.87. The zero-order valence-corrected chi connectivity index (χ0v) is 17.0. The minimum absolute atomic E-state index is 0.174. The van der Waals surface area contributed by atoms with Gasteiger partial charge < -0.3 is 5.32 Å². The largest absolute Gasteiger partial charge is 0.326 e. The summed E-state index contributed by atoms with van der Waals surface area (Å²) in [4.78, 5) is 21.8. The van der Waals surface area contributed by atoms with Crippen LogP contribution in [0, 0.1) is 11.3 Å². The van der Waals surface area contributed by atoms with Crippen LogP contribution in [0.5, 0.6) is 0 Å². The molecule has 0 bridgehead atoms. The first-order valence-corrected chi connectivity index (χ1v) is 10.8. The minimum Gasteiger partial charge on any atom is -0.326 e. The Balaban J connectivity index is 1.27.